The molecule has 15 heavy (non-hydrogen) atoms. The first-order valence-corrected chi connectivity index (χ1v) is 5.70. The van der Waals surface area contributed by atoms with E-state index in [0.29, 0.717) is 0 Å². The van der Waals surface area contributed by atoms with Gasteiger partial charge in [-0.05, 0) is 6.07 Å². The van der Waals surface area contributed by atoms with Gasteiger partial charge in [-0.3, -0.25) is 10.1 Å². The first kappa shape index (κ1) is 12.2. The number of hydrogen-bond acceptors (Lipinski definition) is 4. The third-order valence-electron chi connectivity index (χ3n) is 1.51. The van der Waals surface area contributed by atoms with Crippen molar-refractivity contribution in [1.82, 2.24) is 0 Å². The molecule has 82 valence electrons. The Morgan fingerprint density at radius 3 is 2.13 bits per heavy atom. The van der Waals surface area contributed by atoms with Crippen molar-refractivity contribution in [3.05, 3.63) is 32.3 Å². The molecule has 0 aliphatic rings. The minimum Gasteiger partial charge on any atom is -0.258 e. The molecule has 0 heterocycles. The number of benzene rings is 1. The van der Waals surface area contributed by atoms with Crippen LogP contribution < -0.4 is 5.14 Å². The van der Waals surface area contributed by atoms with Gasteiger partial charge in [0.25, 0.3) is 5.69 Å². The zero-order valence-electron chi connectivity index (χ0n) is 6.98. The van der Waals surface area contributed by atoms with Crippen molar-refractivity contribution in [1.29, 1.82) is 0 Å². The van der Waals surface area contributed by atoms with E-state index in [1.165, 1.54) is 0 Å². The Balaban J connectivity index is 3.64. The molecule has 1 rings (SSSR count). The van der Waals surface area contributed by atoms with Crippen LogP contribution in [0.5, 0.6) is 0 Å². The van der Waals surface area contributed by atoms with E-state index in [1.54, 1.807) is 0 Å². The molecule has 9 heteroatoms. The van der Waals surface area contributed by atoms with Gasteiger partial charge in [0.05, 0.1) is 15.0 Å². The van der Waals surface area contributed by atoms with Crippen LogP contribution in [0.1, 0.15) is 0 Å². The molecule has 0 amide bonds. The monoisotopic (exact) mass is 270 g/mol. The molecule has 6 nitrogen and oxygen atoms in total. The maximum atomic E-state index is 11.0. The molecule has 0 bridgehead atoms. The third kappa shape index (κ3) is 2.57. The zero-order valence-corrected chi connectivity index (χ0v) is 9.30. The largest absolute Gasteiger partial charge is 0.290 e. The lowest BCUT2D eigenvalue weighted by atomic mass is 10.3. The smallest absolute Gasteiger partial charge is 0.258 e. The van der Waals surface area contributed by atoms with Crippen LogP contribution in [0.2, 0.25) is 10.0 Å². The second-order valence-electron chi connectivity index (χ2n) is 2.54. The molecule has 0 saturated carbocycles. The summed E-state index contributed by atoms with van der Waals surface area (Å²) in [5, 5.41) is 15.1. The minimum atomic E-state index is -4.20. The standard InChI is InChI=1S/C6H4Cl2N2O4S/c7-3-1-5(10(11)12)6(2-4(3)8)15(9,13)14/h1-2H,(H2,9,13,14). The van der Waals surface area contributed by atoms with Crippen LogP contribution in [0.3, 0.4) is 0 Å². The summed E-state index contributed by atoms with van der Waals surface area (Å²) < 4.78 is 22.0. The van der Waals surface area contributed by atoms with E-state index in [2.05, 4.69) is 0 Å². The molecular weight excluding hydrogens is 267 g/mol. The van der Waals surface area contributed by atoms with Crippen molar-refractivity contribution in [2.75, 3.05) is 0 Å². The van der Waals surface area contributed by atoms with E-state index in [-0.39, 0.29) is 10.0 Å². The van der Waals surface area contributed by atoms with Crippen LogP contribution in [0.4, 0.5) is 5.69 Å². The molecule has 0 aromatic heterocycles. The van der Waals surface area contributed by atoms with Gasteiger partial charge in [-0.2, -0.15) is 0 Å². The highest BCUT2D eigenvalue weighted by Crippen LogP contribution is 2.32. The van der Waals surface area contributed by atoms with Gasteiger partial charge in [-0.25, -0.2) is 13.6 Å². The van der Waals surface area contributed by atoms with Crippen LogP contribution in [0.15, 0.2) is 17.0 Å². The fourth-order valence-corrected chi connectivity index (χ4v) is 1.98. The zero-order chi connectivity index (χ0) is 11.8. The number of nitrogens with zero attached hydrogens (tertiary/aromatic N) is 1. The fraction of sp³-hybridized carbons (Fsp3) is 0. The Morgan fingerprint density at radius 1 is 1.27 bits per heavy atom. The average molecular weight is 271 g/mol. The topological polar surface area (TPSA) is 103 Å². The van der Waals surface area contributed by atoms with Crippen LogP contribution >= 0.6 is 23.2 Å². The lowest BCUT2D eigenvalue weighted by molar-refractivity contribution is -0.387. The molecule has 1 aromatic rings. The van der Waals surface area contributed by atoms with Gasteiger partial charge in [-0.15, -0.1) is 0 Å². The summed E-state index contributed by atoms with van der Waals surface area (Å²) >= 11 is 11.0. The lowest BCUT2D eigenvalue weighted by Gasteiger charge is -2.02. The molecule has 0 unspecified atom stereocenters. The van der Waals surface area contributed by atoms with E-state index < -0.39 is 25.5 Å². The molecule has 1 aromatic carbocycles. The molecule has 0 aliphatic heterocycles. The molecular formula is C6H4Cl2N2O4S. The average Bonchev–Trinajstić information content (AvgIpc) is 2.06. The van der Waals surface area contributed by atoms with Crippen LogP contribution in [0.25, 0.3) is 0 Å². The van der Waals surface area contributed by atoms with Crippen LogP contribution in [-0.2, 0) is 10.0 Å². The third-order valence-corrected chi connectivity index (χ3v) is 3.17. The van der Waals surface area contributed by atoms with E-state index in [9.17, 15) is 18.5 Å². The number of nitrogens with two attached hydrogens (primary N) is 1. The first-order valence-electron chi connectivity index (χ1n) is 3.39. The van der Waals surface area contributed by atoms with E-state index >= 15 is 0 Å². The molecule has 0 saturated heterocycles. The highest BCUT2D eigenvalue weighted by Gasteiger charge is 2.24. The van der Waals surface area contributed by atoms with Gasteiger partial charge in [0.2, 0.25) is 10.0 Å². The summed E-state index contributed by atoms with van der Waals surface area (Å²) in [6.07, 6.45) is 0. The van der Waals surface area contributed by atoms with Gasteiger partial charge < -0.3 is 0 Å². The quantitative estimate of drug-likeness (QED) is 0.650. The minimum absolute atomic E-state index is 0.115. The molecule has 0 atom stereocenters. The van der Waals surface area contributed by atoms with Crippen molar-refractivity contribution >= 4 is 38.9 Å². The summed E-state index contributed by atoms with van der Waals surface area (Å²) in [5.41, 5.74) is -0.702. The highest BCUT2D eigenvalue weighted by molar-refractivity contribution is 7.89. The molecule has 2 N–H and O–H groups in total. The predicted molar refractivity (Wildman–Crippen MR) is 54.5 cm³/mol. The maximum absolute atomic E-state index is 11.0. The summed E-state index contributed by atoms with van der Waals surface area (Å²) in [5.74, 6) is 0. The lowest BCUT2D eigenvalue weighted by Crippen LogP contribution is -2.14. The number of hydrogen-bond donors (Lipinski definition) is 1. The van der Waals surface area contributed by atoms with E-state index in [4.69, 9.17) is 28.3 Å². The van der Waals surface area contributed by atoms with Gasteiger partial charge in [-0.1, -0.05) is 23.2 Å². The maximum Gasteiger partial charge on any atom is 0.290 e. The summed E-state index contributed by atoms with van der Waals surface area (Å²) in [6.45, 7) is 0. The van der Waals surface area contributed by atoms with Gasteiger partial charge in [0.15, 0.2) is 4.90 Å². The Bertz CT molecular complexity index is 528. The second-order valence-corrected chi connectivity index (χ2v) is 4.88. The van der Waals surface area contributed by atoms with Gasteiger partial charge in [0, 0.05) is 6.07 Å². The van der Waals surface area contributed by atoms with Crippen molar-refractivity contribution in [2.45, 2.75) is 4.90 Å². The number of sulfonamides is 1. The Labute approximate surface area is 94.8 Å². The Morgan fingerprint density at radius 2 is 1.73 bits per heavy atom. The fourth-order valence-electron chi connectivity index (χ4n) is 0.889. The number of rotatable bonds is 2. The van der Waals surface area contributed by atoms with Crippen LogP contribution in [0, 0.1) is 10.1 Å². The summed E-state index contributed by atoms with van der Waals surface area (Å²) in [4.78, 5) is 8.95. The number of halogens is 2. The Kier molecular flexibility index (Phi) is 3.19. The second kappa shape index (κ2) is 3.93. The van der Waals surface area contributed by atoms with E-state index in [1.807, 2.05) is 0 Å². The molecule has 0 fully saturated rings. The summed E-state index contributed by atoms with van der Waals surface area (Å²) in [7, 11) is -4.20. The van der Waals surface area contributed by atoms with Crippen molar-refractivity contribution in [3.8, 4) is 0 Å². The molecule has 0 radical (unpaired) electrons. The van der Waals surface area contributed by atoms with Crippen molar-refractivity contribution in [3.63, 3.8) is 0 Å². The van der Waals surface area contributed by atoms with E-state index in [0.717, 1.165) is 12.1 Å². The number of primary sulfonamides is 1. The first-order chi connectivity index (χ1) is 6.73. The Hall–Kier alpha value is -0.890. The van der Waals surface area contributed by atoms with Crippen molar-refractivity contribution in [2.24, 2.45) is 5.14 Å². The molecule has 0 aliphatic carbocycles. The SMILES string of the molecule is NS(=O)(=O)c1cc(Cl)c(Cl)cc1[N+](=O)[O-]. The van der Waals surface area contributed by atoms with Gasteiger partial charge in [0.1, 0.15) is 0 Å². The van der Waals surface area contributed by atoms with Crippen LogP contribution in [-0.4, -0.2) is 13.3 Å². The summed E-state index contributed by atoms with van der Waals surface area (Å²) in [6, 6.07) is 1.68. The van der Waals surface area contributed by atoms with Gasteiger partial charge >= 0.3 is 0 Å². The number of nitro groups is 1. The van der Waals surface area contributed by atoms with Crippen molar-refractivity contribution < 1.29 is 13.3 Å². The molecule has 0 spiro atoms. The predicted octanol–water partition coefficient (Wildman–Crippen LogP) is 1.55. The normalized spacial score (nSPS) is 11.4. The number of nitro benzene ring substituents is 1. The highest BCUT2D eigenvalue weighted by atomic mass is 35.5.